The minimum Gasteiger partial charge on any atom is -0.385 e. The summed E-state index contributed by atoms with van der Waals surface area (Å²) in [6.07, 6.45) is 0.986. The SMILES string of the molecule is COCCCNC(=S)N1CCN(c2cccc(C)c2)CC1. The molecule has 2 rings (SSSR count). The van der Waals surface area contributed by atoms with Crippen LogP contribution in [0.5, 0.6) is 0 Å². The molecule has 1 heterocycles. The van der Waals surface area contributed by atoms with Crippen molar-refractivity contribution in [3.63, 3.8) is 0 Å². The maximum atomic E-state index is 5.46. The number of anilines is 1. The number of benzene rings is 1. The van der Waals surface area contributed by atoms with Crippen LogP contribution in [-0.4, -0.2) is 56.5 Å². The van der Waals surface area contributed by atoms with Gasteiger partial charge in [-0.1, -0.05) is 12.1 Å². The van der Waals surface area contributed by atoms with Gasteiger partial charge in [0, 0.05) is 52.1 Å². The molecule has 1 aliphatic rings. The van der Waals surface area contributed by atoms with E-state index in [4.69, 9.17) is 17.0 Å². The number of thiocarbonyl (C=S) groups is 1. The summed E-state index contributed by atoms with van der Waals surface area (Å²) in [5, 5.41) is 4.18. The monoisotopic (exact) mass is 307 g/mol. The Hall–Kier alpha value is -1.33. The topological polar surface area (TPSA) is 27.7 Å². The zero-order valence-corrected chi connectivity index (χ0v) is 13.8. The Morgan fingerprint density at radius 1 is 1.29 bits per heavy atom. The molecule has 0 radical (unpaired) electrons. The molecule has 0 bridgehead atoms. The van der Waals surface area contributed by atoms with E-state index in [1.165, 1.54) is 11.3 Å². The maximum Gasteiger partial charge on any atom is 0.169 e. The molecule has 1 aliphatic heterocycles. The Morgan fingerprint density at radius 2 is 2.05 bits per heavy atom. The van der Waals surface area contributed by atoms with Crippen molar-refractivity contribution in [3.05, 3.63) is 29.8 Å². The van der Waals surface area contributed by atoms with Crippen LogP contribution in [0.4, 0.5) is 5.69 Å². The number of aryl methyl sites for hydroxylation is 1. The summed E-state index contributed by atoms with van der Waals surface area (Å²) in [6, 6.07) is 8.69. The van der Waals surface area contributed by atoms with E-state index in [0.29, 0.717) is 0 Å². The fourth-order valence-corrected chi connectivity index (χ4v) is 2.80. The predicted molar refractivity (Wildman–Crippen MR) is 92.1 cm³/mol. The van der Waals surface area contributed by atoms with Crippen molar-refractivity contribution in [1.29, 1.82) is 0 Å². The smallest absolute Gasteiger partial charge is 0.169 e. The Kier molecular flexibility index (Phi) is 6.26. The molecular weight excluding hydrogens is 282 g/mol. The molecular formula is C16H25N3OS. The molecule has 1 fully saturated rings. The molecule has 1 aromatic carbocycles. The Balaban J connectivity index is 1.76. The zero-order chi connectivity index (χ0) is 15.1. The number of hydrogen-bond donors (Lipinski definition) is 1. The number of rotatable bonds is 5. The maximum absolute atomic E-state index is 5.46. The zero-order valence-electron chi connectivity index (χ0n) is 13.0. The van der Waals surface area contributed by atoms with Crippen molar-refractivity contribution >= 4 is 23.0 Å². The lowest BCUT2D eigenvalue weighted by atomic mass is 10.2. The van der Waals surface area contributed by atoms with Gasteiger partial charge in [0.25, 0.3) is 0 Å². The Labute approximate surface area is 133 Å². The van der Waals surface area contributed by atoms with E-state index >= 15 is 0 Å². The standard InChI is InChI=1S/C16H25N3OS/c1-14-5-3-6-15(13-14)18-8-10-19(11-9-18)16(21)17-7-4-12-20-2/h3,5-6,13H,4,7-12H2,1-2H3,(H,17,21). The first-order valence-corrected chi connectivity index (χ1v) is 7.95. The van der Waals surface area contributed by atoms with E-state index in [2.05, 4.69) is 46.3 Å². The summed E-state index contributed by atoms with van der Waals surface area (Å²) in [4.78, 5) is 4.69. The van der Waals surface area contributed by atoms with Crippen molar-refractivity contribution in [2.45, 2.75) is 13.3 Å². The van der Waals surface area contributed by atoms with Crippen LogP contribution in [0.15, 0.2) is 24.3 Å². The number of piperazine rings is 1. The molecule has 0 atom stereocenters. The third kappa shape index (κ3) is 4.86. The van der Waals surface area contributed by atoms with Crippen molar-refractivity contribution < 1.29 is 4.74 Å². The van der Waals surface area contributed by atoms with Gasteiger partial charge in [-0.2, -0.15) is 0 Å². The first kappa shape index (κ1) is 16.0. The molecule has 1 saturated heterocycles. The highest BCUT2D eigenvalue weighted by molar-refractivity contribution is 7.80. The van der Waals surface area contributed by atoms with Crippen LogP contribution >= 0.6 is 12.2 Å². The van der Waals surface area contributed by atoms with E-state index in [9.17, 15) is 0 Å². The van der Waals surface area contributed by atoms with Crippen LogP contribution in [0.25, 0.3) is 0 Å². The van der Waals surface area contributed by atoms with E-state index in [0.717, 1.165) is 50.9 Å². The van der Waals surface area contributed by atoms with Crippen LogP contribution in [0.2, 0.25) is 0 Å². The van der Waals surface area contributed by atoms with Gasteiger partial charge in [0.15, 0.2) is 5.11 Å². The van der Waals surface area contributed by atoms with Gasteiger partial charge in [-0.25, -0.2) is 0 Å². The third-order valence-corrected chi connectivity index (χ3v) is 4.14. The predicted octanol–water partition coefficient (Wildman–Crippen LogP) is 2.03. The fraction of sp³-hybridized carbons (Fsp3) is 0.562. The average molecular weight is 307 g/mol. The average Bonchev–Trinajstić information content (AvgIpc) is 2.51. The molecule has 0 aliphatic carbocycles. The lowest BCUT2D eigenvalue weighted by Gasteiger charge is -2.37. The first-order chi connectivity index (χ1) is 10.2. The highest BCUT2D eigenvalue weighted by atomic mass is 32.1. The molecule has 0 spiro atoms. The molecule has 0 amide bonds. The largest absolute Gasteiger partial charge is 0.385 e. The summed E-state index contributed by atoms with van der Waals surface area (Å²) in [5.41, 5.74) is 2.62. The Morgan fingerprint density at radius 3 is 2.71 bits per heavy atom. The number of nitrogens with zero attached hydrogens (tertiary/aromatic N) is 2. The minimum atomic E-state index is 0.775. The van der Waals surface area contributed by atoms with E-state index in [1.54, 1.807) is 7.11 Å². The fourth-order valence-electron chi connectivity index (χ4n) is 2.52. The molecule has 1 N–H and O–H groups in total. The van der Waals surface area contributed by atoms with E-state index in [-0.39, 0.29) is 0 Å². The van der Waals surface area contributed by atoms with Gasteiger partial charge >= 0.3 is 0 Å². The lowest BCUT2D eigenvalue weighted by molar-refractivity contribution is 0.195. The molecule has 0 aromatic heterocycles. The summed E-state index contributed by atoms with van der Waals surface area (Å²) in [7, 11) is 1.73. The molecule has 1 aromatic rings. The first-order valence-electron chi connectivity index (χ1n) is 7.54. The van der Waals surface area contributed by atoms with Crippen molar-refractivity contribution in [2.24, 2.45) is 0 Å². The summed E-state index contributed by atoms with van der Waals surface area (Å²) < 4.78 is 5.04. The minimum absolute atomic E-state index is 0.775. The molecule has 4 nitrogen and oxygen atoms in total. The lowest BCUT2D eigenvalue weighted by Crippen LogP contribution is -2.52. The van der Waals surface area contributed by atoms with Gasteiger partial charge in [-0.15, -0.1) is 0 Å². The van der Waals surface area contributed by atoms with Crippen LogP contribution in [0, 0.1) is 6.92 Å². The normalized spacial score (nSPS) is 15.1. The second-order valence-corrected chi connectivity index (χ2v) is 5.78. The number of methoxy groups -OCH3 is 1. The summed E-state index contributed by atoms with van der Waals surface area (Å²) >= 11 is 5.46. The van der Waals surface area contributed by atoms with Gasteiger partial charge < -0.3 is 19.9 Å². The summed E-state index contributed by atoms with van der Waals surface area (Å²) in [6.45, 7) is 7.78. The Bertz CT molecular complexity index is 459. The second-order valence-electron chi connectivity index (χ2n) is 5.39. The molecule has 0 saturated carbocycles. The summed E-state index contributed by atoms with van der Waals surface area (Å²) in [5.74, 6) is 0. The third-order valence-electron chi connectivity index (χ3n) is 3.74. The van der Waals surface area contributed by atoms with Crippen LogP contribution in [-0.2, 0) is 4.74 Å². The number of hydrogen-bond acceptors (Lipinski definition) is 3. The van der Waals surface area contributed by atoms with E-state index < -0.39 is 0 Å². The number of nitrogens with one attached hydrogen (secondary N) is 1. The molecule has 21 heavy (non-hydrogen) atoms. The highest BCUT2D eigenvalue weighted by Crippen LogP contribution is 2.17. The van der Waals surface area contributed by atoms with Crippen LogP contribution < -0.4 is 10.2 Å². The van der Waals surface area contributed by atoms with Gasteiger partial charge in [0.1, 0.15) is 0 Å². The van der Waals surface area contributed by atoms with Crippen molar-refractivity contribution in [2.75, 3.05) is 51.3 Å². The second kappa shape index (κ2) is 8.20. The molecule has 5 heteroatoms. The van der Waals surface area contributed by atoms with Gasteiger partial charge in [-0.3, -0.25) is 0 Å². The van der Waals surface area contributed by atoms with E-state index in [1.807, 2.05) is 0 Å². The molecule has 0 unspecified atom stereocenters. The quantitative estimate of drug-likeness (QED) is 0.664. The highest BCUT2D eigenvalue weighted by Gasteiger charge is 2.18. The van der Waals surface area contributed by atoms with Crippen molar-refractivity contribution in [3.8, 4) is 0 Å². The van der Waals surface area contributed by atoms with Gasteiger partial charge in [0.05, 0.1) is 0 Å². The van der Waals surface area contributed by atoms with Gasteiger partial charge in [-0.05, 0) is 43.3 Å². The molecule has 116 valence electrons. The number of ether oxygens (including phenoxy) is 1. The van der Waals surface area contributed by atoms with Crippen LogP contribution in [0.1, 0.15) is 12.0 Å². The van der Waals surface area contributed by atoms with Crippen molar-refractivity contribution in [1.82, 2.24) is 10.2 Å². The van der Waals surface area contributed by atoms with Gasteiger partial charge in [0.2, 0.25) is 0 Å². The van der Waals surface area contributed by atoms with Crippen LogP contribution in [0.3, 0.4) is 0 Å².